The molecule has 3 rings (SSSR count). The van der Waals surface area contributed by atoms with Crippen LogP contribution in [0.4, 0.5) is 0 Å². The van der Waals surface area contributed by atoms with Crippen molar-refractivity contribution < 1.29 is 23.8 Å². The van der Waals surface area contributed by atoms with Gasteiger partial charge in [0.05, 0.1) is 6.61 Å². The predicted molar refractivity (Wildman–Crippen MR) is 97.7 cm³/mol. The van der Waals surface area contributed by atoms with Crippen LogP contribution in [0.15, 0.2) is 23.4 Å². The summed E-state index contributed by atoms with van der Waals surface area (Å²) in [4.78, 5) is 17.5. The molecule has 0 aromatic heterocycles. The highest BCUT2D eigenvalue weighted by Crippen LogP contribution is 2.36. The molecule has 1 aliphatic heterocycles. The number of nitrogens with zero attached hydrogens (tertiary/aromatic N) is 1. The lowest BCUT2D eigenvalue weighted by atomic mass is 10.0. The Morgan fingerprint density at radius 3 is 2.85 bits per heavy atom. The summed E-state index contributed by atoms with van der Waals surface area (Å²) in [5.74, 6) is 0.705. The van der Waals surface area contributed by atoms with Crippen molar-refractivity contribution in [2.75, 3.05) is 19.8 Å². The van der Waals surface area contributed by atoms with Gasteiger partial charge in [-0.25, -0.2) is 4.79 Å². The van der Waals surface area contributed by atoms with Gasteiger partial charge >= 0.3 is 5.97 Å². The number of hydrogen-bond donors (Lipinski definition) is 0. The van der Waals surface area contributed by atoms with Crippen LogP contribution in [0.25, 0.3) is 0 Å². The number of ether oxygens (including phenoxy) is 3. The van der Waals surface area contributed by atoms with E-state index in [0.717, 1.165) is 12.8 Å². The first-order valence-corrected chi connectivity index (χ1v) is 9.44. The van der Waals surface area contributed by atoms with Crippen LogP contribution < -0.4 is 4.74 Å². The Hall–Kier alpha value is -1.79. The quantitative estimate of drug-likeness (QED) is 0.611. The van der Waals surface area contributed by atoms with Crippen molar-refractivity contribution in [1.29, 1.82) is 0 Å². The second-order valence-electron chi connectivity index (χ2n) is 6.39. The van der Waals surface area contributed by atoms with Crippen LogP contribution in [0.1, 0.15) is 38.7 Å². The van der Waals surface area contributed by atoms with Crippen LogP contribution >= 0.6 is 11.6 Å². The van der Waals surface area contributed by atoms with Crippen molar-refractivity contribution in [2.24, 2.45) is 11.1 Å². The van der Waals surface area contributed by atoms with Crippen molar-refractivity contribution in [2.45, 2.75) is 45.3 Å². The highest BCUT2D eigenvalue weighted by molar-refractivity contribution is 6.31. The van der Waals surface area contributed by atoms with Crippen LogP contribution in [0, 0.1) is 5.92 Å². The number of carbonyl (C=O) groups excluding carboxylic acids is 1. The SMILES string of the molecule is CCOC(=O)[C@H](CC1CC1)Oc1ccc(Cl)cc1C1=NOCC1OCC. The van der Waals surface area contributed by atoms with E-state index in [1.54, 1.807) is 25.1 Å². The molecule has 142 valence electrons. The summed E-state index contributed by atoms with van der Waals surface area (Å²) >= 11 is 6.18. The van der Waals surface area contributed by atoms with Gasteiger partial charge in [-0.05, 0) is 44.4 Å². The summed E-state index contributed by atoms with van der Waals surface area (Å²) in [5.41, 5.74) is 1.30. The highest BCUT2D eigenvalue weighted by atomic mass is 35.5. The van der Waals surface area contributed by atoms with E-state index in [9.17, 15) is 4.79 Å². The fraction of sp³-hybridized carbons (Fsp3) is 0.579. The first kappa shape index (κ1) is 19.0. The van der Waals surface area contributed by atoms with E-state index in [0.29, 0.717) is 54.2 Å². The normalized spacial score (nSPS) is 20.3. The monoisotopic (exact) mass is 381 g/mol. The number of carbonyl (C=O) groups is 1. The molecule has 26 heavy (non-hydrogen) atoms. The molecular weight excluding hydrogens is 358 g/mol. The van der Waals surface area contributed by atoms with E-state index < -0.39 is 6.10 Å². The Labute approximate surface area is 158 Å². The van der Waals surface area contributed by atoms with Crippen LogP contribution in [-0.4, -0.2) is 43.7 Å². The molecule has 1 unspecified atom stereocenters. The van der Waals surface area contributed by atoms with E-state index in [-0.39, 0.29) is 12.1 Å². The number of halogens is 1. The van der Waals surface area contributed by atoms with Crippen molar-refractivity contribution in [3.8, 4) is 5.75 Å². The number of hydrogen-bond acceptors (Lipinski definition) is 6. The number of oxime groups is 1. The molecule has 1 aromatic rings. The zero-order valence-corrected chi connectivity index (χ0v) is 15.8. The van der Waals surface area contributed by atoms with Gasteiger partial charge in [0.1, 0.15) is 24.2 Å². The first-order chi connectivity index (χ1) is 12.6. The molecule has 2 atom stereocenters. The Morgan fingerprint density at radius 2 is 2.15 bits per heavy atom. The third-order valence-corrected chi connectivity index (χ3v) is 4.58. The van der Waals surface area contributed by atoms with E-state index >= 15 is 0 Å². The Balaban J connectivity index is 1.85. The zero-order valence-electron chi connectivity index (χ0n) is 15.1. The minimum Gasteiger partial charge on any atom is -0.478 e. The lowest BCUT2D eigenvalue weighted by Gasteiger charge is -2.20. The van der Waals surface area contributed by atoms with Gasteiger partial charge in [-0.15, -0.1) is 0 Å². The molecule has 2 aliphatic rings. The van der Waals surface area contributed by atoms with Gasteiger partial charge in [-0.2, -0.15) is 0 Å². The van der Waals surface area contributed by atoms with E-state index in [2.05, 4.69) is 5.16 Å². The molecule has 0 bridgehead atoms. The van der Waals surface area contributed by atoms with Gasteiger partial charge in [0.25, 0.3) is 0 Å². The molecule has 1 heterocycles. The standard InChI is InChI=1S/C19H24ClNO5/c1-3-23-17-11-25-21-18(17)14-10-13(20)7-8-15(14)26-16(9-12-5-6-12)19(22)24-4-2/h7-8,10,12,16-17H,3-6,9,11H2,1-2H3/t16-,17?/m0/s1. The van der Waals surface area contributed by atoms with Gasteiger partial charge < -0.3 is 19.0 Å². The van der Waals surface area contributed by atoms with Crippen molar-refractivity contribution in [1.82, 2.24) is 0 Å². The molecule has 1 saturated carbocycles. The molecule has 6 nitrogen and oxygen atoms in total. The summed E-state index contributed by atoms with van der Waals surface area (Å²) < 4.78 is 16.9. The molecule has 0 N–H and O–H groups in total. The summed E-state index contributed by atoms with van der Waals surface area (Å²) in [5, 5.41) is 4.65. The number of benzene rings is 1. The molecular formula is C19H24ClNO5. The van der Waals surface area contributed by atoms with Crippen LogP contribution in [0.5, 0.6) is 5.75 Å². The lowest BCUT2D eigenvalue weighted by molar-refractivity contribution is -0.151. The van der Waals surface area contributed by atoms with Gasteiger partial charge in [0, 0.05) is 17.2 Å². The van der Waals surface area contributed by atoms with Gasteiger partial charge in [-0.1, -0.05) is 29.6 Å². The summed E-state index contributed by atoms with van der Waals surface area (Å²) in [7, 11) is 0. The summed E-state index contributed by atoms with van der Waals surface area (Å²) in [6.07, 6.45) is 1.97. The third kappa shape index (κ3) is 4.68. The fourth-order valence-electron chi connectivity index (χ4n) is 2.91. The third-order valence-electron chi connectivity index (χ3n) is 4.34. The zero-order chi connectivity index (χ0) is 18.5. The number of rotatable bonds is 9. The molecule has 0 saturated heterocycles. The predicted octanol–water partition coefficient (Wildman–Crippen LogP) is 3.59. The first-order valence-electron chi connectivity index (χ1n) is 9.07. The topological polar surface area (TPSA) is 66.4 Å². The summed E-state index contributed by atoms with van der Waals surface area (Å²) in [6.45, 7) is 4.91. The minimum atomic E-state index is -0.643. The van der Waals surface area contributed by atoms with Crippen molar-refractivity contribution in [3.63, 3.8) is 0 Å². The Bertz CT molecular complexity index is 674. The molecule has 1 fully saturated rings. The Kier molecular flexibility index (Phi) is 6.38. The second kappa shape index (κ2) is 8.73. The molecule has 1 aromatic carbocycles. The van der Waals surface area contributed by atoms with Crippen molar-refractivity contribution in [3.05, 3.63) is 28.8 Å². The molecule has 0 amide bonds. The highest BCUT2D eigenvalue weighted by Gasteiger charge is 2.34. The van der Waals surface area contributed by atoms with Gasteiger partial charge in [-0.3, -0.25) is 0 Å². The maximum absolute atomic E-state index is 12.3. The van der Waals surface area contributed by atoms with Gasteiger partial charge in [0.15, 0.2) is 6.10 Å². The lowest BCUT2D eigenvalue weighted by Crippen LogP contribution is -2.31. The maximum Gasteiger partial charge on any atom is 0.347 e. The maximum atomic E-state index is 12.3. The average Bonchev–Trinajstić information content (AvgIpc) is 3.32. The van der Waals surface area contributed by atoms with Crippen LogP contribution in [0.3, 0.4) is 0 Å². The van der Waals surface area contributed by atoms with E-state index in [4.69, 9.17) is 30.6 Å². The Morgan fingerprint density at radius 1 is 1.35 bits per heavy atom. The van der Waals surface area contributed by atoms with E-state index in [1.807, 2.05) is 6.92 Å². The molecule has 0 radical (unpaired) electrons. The van der Waals surface area contributed by atoms with Gasteiger partial charge in [0.2, 0.25) is 0 Å². The van der Waals surface area contributed by atoms with Crippen LogP contribution in [-0.2, 0) is 19.1 Å². The minimum absolute atomic E-state index is 0.287. The fourth-order valence-corrected chi connectivity index (χ4v) is 3.08. The van der Waals surface area contributed by atoms with E-state index in [1.165, 1.54) is 0 Å². The molecule has 1 aliphatic carbocycles. The average molecular weight is 382 g/mol. The van der Waals surface area contributed by atoms with Crippen molar-refractivity contribution >= 4 is 23.3 Å². The largest absolute Gasteiger partial charge is 0.478 e. The summed E-state index contributed by atoms with van der Waals surface area (Å²) in [6, 6.07) is 5.24. The number of esters is 1. The molecule has 0 spiro atoms. The molecule has 7 heteroatoms. The second-order valence-corrected chi connectivity index (χ2v) is 6.83. The van der Waals surface area contributed by atoms with Crippen LogP contribution in [0.2, 0.25) is 5.02 Å². The smallest absolute Gasteiger partial charge is 0.347 e.